The molecule has 2 radical (unpaired) electrons. The first-order valence-corrected chi connectivity index (χ1v) is 16.9. The van der Waals surface area contributed by atoms with Crippen molar-refractivity contribution in [2.45, 2.75) is 40.3 Å². The van der Waals surface area contributed by atoms with Crippen LogP contribution in [0.25, 0.3) is 0 Å². The number of allylic oxidation sites excluding steroid dienone is 9. The first-order valence-electron chi connectivity index (χ1n) is 14.2. The van der Waals surface area contributed by atoms with Gasteiger partial charge in [-0.25, -0.2) is 5.73 Å². The third kappa shape index (κ3) is 8.22. The quantitative estimate of drug-likeness (QED) is 0.106. The first kappa shape index (κ1) is 32.6. The van der Waals surface area contributed by atoms with Crippen molar-refractivity contribution in [3.63, 3.8) is 0 Å². The average Bonchev–Trinajstić information content (AvgIpc) is 3.70. The summed E-state index contributed by atoms with van der Waals surface area (Å²) in [5, 5.41) is 7.11. The van der Waals surface area contributed by atoms with Crippen LogP contribution in [-0.2, 0) is 17.1 Å². The van der Waals surface area contributed by atoms with Gasteiger partial charge in [-0.15, -0.1) is 29.6 Å². The number of hydrogen-bond acceptors (Lipinski definition) is 0. The molecule has 3 aromatic carbocycles. The SMILES string of the molecule is Cc1cc(C)cc(P(c2cc(C)cc(C)c2)[C@@H](C)C2=C=CC=C2P(C2=C[CH]C=C[CH-]2)c2ccccc2)c1.[C]1=C=C=C=[C-]1.[Fe+2]. The summed E-state index contributed by atoms with van der Waals surface area (Å²) in [4.78, 5) is 0. The van der Waals surface area contributed by atoms with E-state index >= 15 is 0 Å². The van der Waals surface area contributed by atoms with Crippen molar-refractivity contribution in [2.24, 2.45) is 0 Å². The van der Waals surface area contributed by atoms with Gasteiger partial charge in [0.25, 0.3) is 0 Å². The summed E-state index contributed by atoms with van der Waals surface area (Å²) < 4.78 is 0. The zero-order chi connectivity index (χ0) is 29.5. The van der Waals surface area contributed by atoms with Crippen molar-refractivity contribution < 1.29 is 17.1 Å². The molecule has 0 N–H and O–H groups in total. The maximum absolute atomic E-state index is 3.74. The molecule has 212 valence electrons. The molecule has 3 aliphatic rings. The van der Waals surface area contributed by atoms with Crippen molar-refractivity contribution >= 4 is 31.8 Å². The summed E-state index contributed by atoms with van der Waals surface area (Å²) in [5.74, 6) is 0. The Morgan fingerprint density at radius 3 is 1.88 bits per heavy atom. The van der Waals surface area contributed by atoms with Crippen LogP contribution in [0.2, 0.25) is 0 Å². The van der Waals surface area contributed by atoms with Crippen LogP contribution in [0.1, 0.15) is 29.2 Å². The Balaban J connectivity index is 0.000000641. The van der Waals surface area contributed by atoms with Crippen molar-refractivity contribution in [3.8, 4) is 0 Å². The molecule has 0 aliphatic heterocycles. The van der Waals surface area contributed by atoms with Gasteiger partial charge in [0, 0.05) is 11.2 Å². The third-order valence-corrected chi connectivity index (χ3v) is 12.3. The minimum atomic E-state index is -0.671. The van der Waals surface area contributed by atoms with Crippen LogP contribution in [0.4, 0.5) is 0 Å². The molecule has 0 heterocycles. The van der Waals surface area contributed by atoms with E-state index in [4.69, 9.17) is 0 Å². The molecule has 6 rings (SSSR count). The van der Waals surface area contributed by atoms with E-state index in [0.29, 0.717) is 5.66 Å². The summed E-state index contributed by atoms with van der Waals surface area (Å²) >= 11 is 0. The zero-order valence-electron chi connectivity index (χ0n) is 25.2. The standard InChI is InChI=1S/C35H34P2.C5.Fe/c1-25-19-26(2)22-32(21-25)36(33-23-27(3)20-28(4)24-33)29(5)34-17-12-18-35(34)37(30-13-8-6-9-14-30)31-15-10-7-11-16-31;1-2-4-5-3-1;/h6-16,18-24,29H,1-5H3;;/q2*-1;+2/t29-;;/m0../s1. The van der Waals surface area contributed by atoms with Crippen LogP contribution in [0.15, 0.2) is 136 Å². The molecule has 0 saturated carbocycles. The molecule has 43 heavy (non-hydrogen) atoms. The molecule has 0 nitrogen and oxygen atoms in total. The molecule has 2 atom stereocenters. The Kier molecular flexibility index (Phi) is 11.7. The Bertz CT molecular complexity index is 1670. The molecule has 3 heteroatoms. The van der Waals surface area contributed by atoms with Crippen LogP contribution < -0.4 is 15.9 Å². The Labute approximate surface area is 271 Å². The average molecular weight is 633 g/mol. The fourth-order valence-electron chi connectivity index (χ4n) is 5.55. The van der Waals surface area contributed by atoms with Crippen LogP contribution in [-0.4, -0.2) is 5.66 Å². The maximum Gasteiger partial charge on any atom is 2.00 e. The van der Waals surface area contributed by atoms with Gasteiger partial charge in [-0.2, -0.15) is 24.6 Å². The predicted octanol–water partition coefficient (Wildman–Crippen LogP) is 9.02. The van der Waals surface area contributed by atoms with Gasteiger partial charge in [0.05, 0.1) is 0 Å². The molecule has 0 saturated heterocycles. The van der Waals surface area contributed by atoms with Crippen LogP contribution in [0.5, 0.6) is 0 Å². The van der Waals surface area contributed by atoms with Crippen molar-refractivity contribution in [1.82, 2.24) is 0 Å². The minimum absolute atomic E-state index is 0. The topological polar surface area (TPSA) is 0 Å². The van der Waals surface area contributed by atoms with Gasteiger partial charge < -0.3 is 0 Å². The molecule has 0 bridgehead atoms. The molecule has 0 spiro atoms. The molecule has 3 aliphatic carbocycles. The van der Waals surface area contributed by atoms with Gasteiger partial charge in [-0.05, 0) is 76.9 Å². The summed E-state index contributed by atoms with van der Waals surface area (Å²) in [6.07, 6.45) is 20.5. The van der Waals surface area contributed by atoms with Gasteiger partial charge >= 0.3 is 17.1 Å². The molecular formula is C40H34FeP2. The maximum atomic E-state index is 3.74. The van der Waals surface area contributed by atoms with Gasteiger partial charge in [-0.3, -0.25) is 11.5 Å². The molecule has 0 amide bonds. The molecule has 0 fully saturated rings. The van der Waals surface area contributed by atoms with Crippen molar-refractivity contribution in [3.05, 3.63) is 183 Å². The minimum Gasteiger partial charge on any atom is -0.288 e. The van der Waals surface area contributed by atoms with Crippen LogP contribution >= 0.6 is 15.8 Å². The fraction of sp³-hybridized carbons (Fsp3) is 0.150. The number of aryl methyl sites for hydroxylation is 4. The number of benzene rings is 3. The van der Waals surface area contributed by atoms with Gasteiger partial charge in [-0.1, -0.05) is 95.9 Å². The van der Waals surface area contributed by atoms with Gasteiger partial charge in [0.15, 0.2) is 0 Å². The monoisotopic (exact) mass is 632 g/mol. The Hall–Kier alpha value is -3.27. The van der Waals surface area contributed by atoms with Crippen molar-refractivity contribution in [2.75, 3.05) is 0 Å². The normalized spacial score (nSPS) is 15.3. The van der Waals surface area contributed by atoms with E-state index in [1.807, 2.05) is 0 Å². The van der Waals surface area contributed by atoms with Gasteiger partial charge in [0.1, 0.15) is 0 Å². The van der Waals surface area contributed by atoms with E-state index in [0.717, 1.165) is 0 Å². The number of hydrogen-bond donors (Lipinski definition) is 0. The molecule has 1 unspecified atom stereocenters. The molecular weight excluding hydrogens is 598 g/mol. The summed E-state index contributed by atoms with van der Waals surface area (Å²) in [5.41, 5.74) is 18.3. The largest absolute Gasteiger partial charge is 2.00 e. The van der Waals surface area contributed by atoms with Crippen LogP contribution in [0.3, 0.4) is 0 Å². The van der Waals surface area contributed by atoms with E-state index in [9.17, 15) is 0 Å². The second kappa shape index (κ2) is 15.5. The first-order chi connectivity index (χ1) is 20.4. The third-order valence-electron chi connectivity index (χ3n) is 7.11. The van der Waals surface area contributed by atoms with E-state index in [-0.39, 0.29) is 17.1 Å². The number of rotatable bonds is 7. The fourth-order valence-corrected chi connectivity index (χ4v) is 11.2. The van der Waals surface area contributed by atoms with Crippen molar-refractivity contribution in [1.29, 1.82) is 0 Å². The van der Waals surface area contributed by atoms with E-state index in [2.05, 4.69) is 180 Å². The van der Waals surface area contributed by atoms with E-state index in [1.165, 1.54) is 54.4 Å². The predicted molar refractivity (Wildman–Crippen MR) is 183 cm³/mol. The zero-order valence-corrected chi connectivity index (χ0v) is 28.1. The summed E-state index contributed by atoms with van der Waals surface area (Å²) in [6, 6.07) is 25.2. The molecule has 0 aromatic heterocycles. The second-order valence-corrected chi connectivity index (χ2v) is 15.4. The molecule has 3 aromatic rings. The second-order valence-electron chi connectivity index (χ2n) is 10.6. The van der Waals surface area contributed by atoms with E-state index < -0.39 is 15.8 Å². The van der Waals surface area contributed by atoms with Crippen LogP contribution in [0, 0.1) is 52.7 Å². The Morgan fingerprint density at radius 2 is 1.40 bits per heavy atom. The van der Waals surface area contributed by atoms with E-state index in [1.54, 1.807) is 0 Å². The summed E-state index contributed by atoms with van der Waals surface area (Å²) in [7, 11) is -1.30. The Morgan fingerprint density at radius 1 is 0.767 bits per heavy atom. The summed E-state index contributed by atoms with van der Waals surface area (Å²) in [6.45, 7) is 11.3. The smallest absolute Gasteiger partial charge is 0.288 e. The van der Waals surface area contributed by atoms with Gasteiger partial charge in [0.2, 0.25) is 0 Å².